The molecule has 1 N–H and O–H groups in total. The molecule has 0 aromatic rings. The lowest BCUT2D eigenvalue weighted by molar-refractivity contribution is -0.161. The molecule has 0 aromatic carbocycles. The number of ether oxygens (including phenoxy) is 2. The number of sulfone groups is 1. The highest BCUT2D eigenvalue weighted by atomic mass is 32.2. The minimum absolute atomic E-state index is 0.115. The van der Waals surface area contributed by atoms with Crippen molar-refractivity contribution in [2.24, 2.45) is 0 Å². The van der Waals surface area contributed by atoms with Gasteiger partial charge < -0.3 is 14.4 Å². The molecule has 0 bridgehead atoms. The summed E-state index contributed by atoms with van der Waals surface area (Å²) in [5.41, 5.74) is 0. The van der Waals surface area contributed by atoms with E-state index in [0.29, 0.717) is 0 Å². The van der Waals surface area contributed by atoms with Gasteiger partial charge in [-0.3, -0.25) is 10.1 Å². The molecule has 21 heavy (non-hydrogen) atoms. The number of methoxy groups -OCH3 is 1. The number of alkyl carbamates (subject to hydrolysis) is 1. The summed E-state index contributed by atoms with van der Waals surface area (Å²) < 4.78 is 32.2. The molecule has 0 aromatic heterocycles. The number of hydrogen-bond donors (Lipinski definition) is 1. The predicted octanol–water partition coefficient (Wildman–Crippen LogP) is -1.02. The average Bonchev–Trinajstić information content (AvgIpc) is 2.52. The molecule has 2 rings (SSSR count). The first-order chi connectivity index (χ1) is 9.64. The van der Waals surface area contributed by atoms with E-state index in [4.69, 9.17) is 4.74 Å². The quantitative estimate of drug-likeness (QED) is 0.401. The average molecular weight is 320 g/mol. The first-order valence-corrected chi connectivity index (χ1v) is 7.72. The van der Waals surface area contributed by atoms with Crippen LogP contribution in [0.15, 0.2) is 0 Å². The van der Waals surface area contributed by atoms with Gasteiger partial charge in [-0.05, 0) is 13.8 Å². The molecular weight excluding hydrogens is 304 g/mol. The van der Waals surface area contributed by atoms with Crippen molar-refractivity contribution in [3.05, 3.63) is 0 Å². The number of hydrogen-bond acceptors (Lipinski definition) is 7. The van der Waals surface area contributed by atoms with Crippen LogP contribution in [0.4, 0.5) is 4.79 Å². The summed E-state index contributed by atoms with van der Waals surface area (Å²) in [6, 6.07) is -1.21. The van der Waals surface area contributed by atoms with Crippen molar-refractivity contribution in [3.8, 4) is 0 Å². The van der Waals surface area contributed by atoms with Gasteiger partial charge in [0.1, 0.15) is 11.4 Å². The molecule has 0 radical (unpaired) electrons. The SMILES string of the molecule is COC(=O)NCOC(=O)[C@@H]1N2C(=O)C[C@H]2S(=O)(=O)C1(C)C. The minimum Gasteiger partial charge on any atom is -0.453 e. The largest absolute Gasteiger partial charge is 0.453 e. The topological polar surface area (TPSA) is 119 Å². The second-order valence-electron chi connectivity index (χ2n) is 5.29. The van der Waals surface area contributed by atoms with Crippen molar-refractivity contribution >= 4 is 27.8 Å². The highest BCUT2D eigenvalue weighted by Crippen LogP contribution is 2.45. The zero-order valence-electron chi connectivity index (χ0n) is 11.8. The fourth-order valence-corrected chi connectivity index (χ4v) is 4.65. The Kier molecular flexibility index (Phi) is 3.60. The molecule has 0 spiro atoms. The maximum absolute atomic E-state index is 12.3. The molecule has 2 amide bonds. The minimum atomic E-state index is -3.65. The zero-order valence-corrected chi connectivity index (χ0v) is 12.6. The van der Waals surface area contributed by atoms with E-state index in [2.05, 4.69) is 10.1 Å². The number of nitrogens with zero attached hydrogens (tertiary/aromatic N) is 1. The number of rotatable bonds is 3. The molecule has 0 unspecified atom stereocenters. The lowest BCUT2D eigenvalue weighted by atomic mass is 9.98. The summed E-state index contributed by atoms with van der Waals surface area (Å²) in [6.07, 6.45) is -0.908. The third-order valence-electron chi connectivity index (χ3n) is 3.82. The van der Waals surface area contributed by atoms with Crippen LogP contribution in [0, 0.1) is 0 Å². The number of fused-ring (bicyclic) bond motifs is 1. The Morgan fingerprint density at radius 1 is 1.43 bits per heavy atom. The third kappa shape index (κ3) is 2.13. The van der Waals surface area contributed by atoms with Crippen LogP contribution in [0.1, 0.15) is 20.3 Å². The fourth-order valence-electron chi connectivity index (χ4n) is 2.53. The van der Waals surface area contributed by atoms with Gasteiger partial charge in [-0.2, -0.15) is 0 Å². The van der Waals surface area contributed by atoms with E-state index in [1.54, 1.807) is 0 Å². The van der Waals surface area contributed by atoms with Crippen molar-refractivity contribution < 1.29 is 32.3 Å². The molecule has 0 saturated carbocycles. The Balaban J connectivity index is 2.13. The van der Waals surface area contributed by atoms with Crippen molar-refractivity contribution in [3.63, 3.8) is 0 Å². The van der Waals surface area contributed by atoms with Crippen molar-refractivity contribution in [1.82, 2.24) is 10.2 Å². The third-order valence-corrected chi connectivity index (χ3v) is 6.62. The normalized spacial score (nSPS) is 28.3. The summed E-state index contributed by atoms with van der Waals surface area (Å²) in [7, 11) is -2.50. The van der Waals surface area contributed by atoms with Gasteiger partial charge in [0.2, 0.25) is 5.91 Å². The lowest BCUT2D eigenvalue weighted by Crippen LogP contribution is -2.57. The number of amides is 2. The Morgan fingerprint density at radius 3 is 2.57 bits per heavy atom. The Hall–Kier alpha value is -1.84. The molecule has 2 aliphatic heterocycles. The Labute approximate surface area is 121 Å². The fraction of sp³-hybridized carbons (Fsp3) is 0.727. The molecular formula is C11H16N2O7S. The van der Waals surface area contributed by atoms with Gasteiger partial charge in [0, 0.05) is 0 Å². The van der Waals surface area contributed by atoms with E-state index in [1.807, 2.05) is 0 Å². The first kappa shape index (κ1) is 15.5. The molecule has 10 heteroatoms. The molecule has 2 aliphatic rings. The monoisotopic (exact) mass is 320 g/mol. The van der Waals surface area contributed by atoms with E-state index in [0.717, 1.165) is 12.0 Å². The Morgan fingerprint density at radius 2 is 2.05 bits per heavy atom. The number of β-lactam (4-membered cyclic amide) rings is 1. The van der Waals surface area contributed by atoms with Gasteiger partial charge in [0.15, 0.2) is 16.6 Å². The first-order valence-electron chi connectivity index (χ1n) is 6.17. The van der Waals surface area contributed by atoms with Crippen LogP contribution in [-0.2, 0) is 28.9 Å². The zero-order chi connectivity index (χ0) is 16.0. The van der Waals surface area contributed by atoms with Gasteiger partial charge in [-0.25, -0.2) is 18.0 Å². The summed E-state index contributed by atoms with van der Waals surface area (Å²) in [5, 5.41) is 1.17. The van der Waals surface area contributed by atoms with Crippen molar-refractivity contribution in [2.75, 3.05) is 13.8 Å². The van der Waals surface area contributed by atoms with Gasteiger partial charge in [0.05, 0.1) is 18.3 Å². The molecule has 2 saturated heterocycles. The van der Waals surface area contributed by atoms with Gasteiger partial charge in [-0.15, -0.1) is 0 Å². The predicted molar refractivity (Wildman–Crippen MR) is 68.5 cm³/mol. The maximum Gasteiger partial charge on any atom is 0.409 e. The highest BCUT2D eigenvalue weighted by Gasteiger charge is 2.68. The van der Waals surface area contributed by atoms with Crippen LogP contribution in [0.2, 0.25) is 0 Å². The lowest BCUT2D eigenvalue weighted by Gasteiger charge is -2.36. The van der Waals surface area contributed by atoms with Crippen LogP contribution in [-0.4, -0.2) is 61.3 Å². The van der Waals surface area contributed by atoms with Crippen molar-refractivity contribution in [1.29, 1.82) is 0 Å². The van der Waals surface area contributed by atoms with E-state index in [1.165, 1.54) is 13.8 Å². The summed E-state index contributed by atoms with van der Waals surface area (Å²) in [6.45, 7) is 2.30. The standard InChI is InChI=1S/C11H16N2O7S/c1-11(2)8(9(15)20-5-12-10(16)19-3)13-6(14)4-7(13)21(11,17)18/h7-8H,4-5H2,1-3H3,(H,12,16)/t7-,8+/m1/s1. The molecule has 118 valence electrons. The number of carbonyl (C=O) groups excluding carboxylic acids is 3. The van der Waals surface area contributed by atoms with E-state index in [-0.39, 0.29) is 6.42 Å². The Bertz CT molecular complexity index is 598. The second-order valence-corrected chi connectivity index (χ2v) is 7.97. The van der Waals surface area contributed by atoms with Crippen molar-refractivity contribution in [2.45, 2.75) is 36.4 Å². The van der Waals surface area contributed by atoms with Crippen LogP contribution < -0.4 is 5.32 Å². The van der Waals surface area contributed by atoms with E-state index < -0.39 is 50.7 Å². The molecule has 9 nitrogen and oxygen atoms in total. The molecule has 2 fully saturated rings. The van der Waals surface area contributed by atoms with Gasteiger partial charge >= 0.3 is 12.1 Å². The second kappa shape index (κ2) is 4.86. The number of carbonyl (C=O) groups is 3. The van der Waals surface area contributed by atoms with Gasteiger partial charge in [0.25, 0.3) is 0 Å². The van der Waals surface area contributed by atoms with Crippen LogP contribution in [0.5, 0.6) is 0 Å². The van der Waals surface area contributed by atoms with E-state index in [9.17, 15) is 22.8 Å². The summed E-state index contributed by atoms with van der Waals surface area (Å²) in [4.78, 5) is 35.6. The van der Waals surface area contributed by atoms with Crippen LogP contribution >= 0.6 is 0 Å². The molecule has 2 atom stereocenters. The van der Waals surface area contributed by atoms with Crippen LogP contribution in [0.25, 0.3) is 0 Å². The van der Waals surface area contributed by atoms with Crippen LogP contribution in [0.3, 0.4) is 0 Å². The van der Waals surface area contributed by atoms with Gasteiger partial charge in [-0.1, -0.05) is 0 Å². The van der Waals surface area contributed by atoms with E-state index >= 15 is 0 Å². The molecule has 0 aliphatic carbocycles. The molecule has 2 heterocycles. The number of nitrogens with one attached hydrogen (secondary N) is 1. The highest BCUT2D eigenvalue weighted by molar-refractivity contribution is 7.93. The summed E-state index contributed by atoms with van der Waals surface area (Å²) in [5.74, 6) is -1.28. The maximum atomic E-state index is 12.3. The summed E-state index contributed by atoms with van der Waals surface area (Å²) >= 11 is 0. The smallest absolute Gasteiger partial charge is 0.409 e. The number of esters is 1.